The van der Waals surface area contributed by atoms with E-state index in [1.54, 1.807) is 12.1 Å². The lowest BCUT2D eigenvalue weighted by atomic mass is 9.92. The van der Waals surface area contributed by atoms with Crippen molar-refractivity contribution in [1.29, 1.82) is 0 Å². The normalized spacial score (nSPS) is 17.6. The Hall–Kier alpha value is -1.79. The van der Waals surface area contributed by atoms with Crippen molar-refractivity contribution in [3.63, 3.8) is 0 Å². The van der Waals surface area contributed by atoms with E-state index in [4.69, 9.17) is 28.6 Å². The Kier molecular flexibility index (Phi) is 6.30. The Morgan fingerprint density at radius 3 is 2.68 bits per heavy atom. The number of ether oxygens (including phenoxy) is 1. The lowest BCUT2D eigenvalue weighted by Crippen LogP contribution is -2.47. The zero-order chi connectivity index (χ0) is 18.7. The van der Waals surface area contributed by atoms with E-state index in [2.05, 4.69) is 12.2 Å². The maximum atomic E-state index is 12.3. The first-order valence-electron chi connectivity index (χ1n) is 8.26. The van der Waals surface area contributed by atoms with Crippen LogP contribution in [0.3, 0.4) is 0 Å². The summed E-state index contributed by atoms with van der Waals surface area (Å²) in [6.45, 7) is 8.45. The molecule has 1 aliphatic rings. The third kappa shape index (κ3) is 3.90. The first-order valence-corrected chi connectivity index (χ1v) is 9.05. The van der Waals surface area contributed by atoms with Gasteiger partial charge in [0.15, 0.2) is 22.4 Å². The van der Waals surface area contributed by atoms with Crippen molar-refractivity contribution in [3.05, 3.63) is 34.0 Å². The summed E-state index contributed by atoms with van der Waals surface area (Å²) >= 11 is 11.6. The lowest BCUT2D eigenvalue weighted by Gasteiger charge is -2.37. The van der Waals surface area contributed by atoms with E-state index in [-0.39, 0.29) is 22.3 Å². The second-order valence-corrected chi connectivity index (χ2v) is 6.67. The zero-order valence-electron chi connectivity index (χ0n) is 14.9. The molecule has 1 aromatic carbocycles. The van der Waals surface area contributed by atoms with Gasteiger partial charge in [0.05, 0.1) is 17.7 Å². The largest absolute Gasteiger partial charge is 0.503 e. The van der Waals surface area contributed by atoms with E-state index in [0.29, 0.717) is 22.9 Å². The monoisotopic (exact) mass is 382 g/mol. The van der Waals surface area contributed by atoms with E-state index in [1.165, 1.54) is 6.92 Å². The van der Waals surface area contributed by atoms with Gasteiger partial charge in [0, 0.05) is 17.8 Å². The molecule has 0 saturated heterocycles. The third-order valence-corrected chi connectivity index (χ3v) is 4.73. The van der Waals surface area contributed by atoms with Gasteiger partial charge >= 0.3 is 0 Å². The Morgan fingerprint density at radius 2 is 2.12 bits per heavy atom. The molecule has 0 fully saturated rings. The van der Waals surface area contributed by atoms with Gasteiger partial charge in [-0.3, -0.25) is 4.79 Å². The molecule has 5 nitrogen and oxygen atoms in total. The quantitative estimate of drug-likeness (QED) is 0.726. The number of ketones is 1. The summed E-state index contributed by atoms with van der Waals surface area (Å²) in [5.74, 6) is 0.137. The lowest BCUT2D eigenvalue weighted by molar-refractivity contribution is -0.114. The van der Waals surface area contributed by atoms with Crippen LogP contribution in [0.5, 0.6) is 11.5 Å². The number of Topliss-reactive ketones (excluding diaryl/α,β-unsaturated/α-hetero) is 1. The van der Waals surface area contributed by atoms with Crippen LogP contribution in [-0.2, 0) is 4.79 Å². The highest BCUT2D eigenvalue weighted by Gasteiger charge is 2.32. The molecule has 25 heavy (non-hydrogen) atoms. The molecule has 1 aromatic rings. The Balaban J connectivity index is 2.57. The van der Waals surface area contributed by atoms with Crippen molar-refractivity contribution in [2.45, 2.75) is 40.2 Å². The average Bonchev–Trinajstić information content (AvgIpc) is 2.54. The fourth-order valence-corrected chi connectivity index (χ4v) is 3.57. The van der Waals surface area contributed by atoms with Gasteiger partial charge < -0.3 is 20.1 Å². The van der Waals surface area contributed by atoms with Crippen LogP contribution in [0.4, 0.5) is 0 Å². The second kappa shape index (κ2) is 8.06. The number of aromatic hydroxyl groups is 1. The fourth-order valence-electron chi connectivity index (χ4n) is 3.01. The summed E-state index contributed by atoms with van der Waals surface area (Å²) in [6.07, 6.45) is 0.911. The van der Waals surface area contributed by atoms with Crippen molar-refractivity contribution >= 4 is 34.7 Å². The van der Waals surface area contributed by atoms with Gasteiger partial charge in [-0.15, -0.1) is 0 Å². The molecule has 0 aromatic heterocycles. The minimum Gasteiger partial charge on any atom is -0.503 e. The predicted octanol–water partition coefficient (Wildman–Crippen LogP) is 3.95. The van der Waals surface area contributed by atoms with E-state index >= 15 is 0 Å². The SMILES string of the molecule is CCCN1C(=S)NC(c2cc(Cl)c(O)c(OCC)c2)C(C(C)=O)=C1C. The molecule has 0 saturated carbocycles. The summed E-state index contributed by atoms with van der Waals surface area (Å²) in [6, 6.07) is 2.89. The summed E-state index contributed by atoms with van der Waals surface area (Å²) in [4.78, 5) is 14.3. The number of carbonyl (C=O) groups is 1. The summed E-state index contributed by atoms with van der Waals surface area (Å²) in [5.41, 5.74) is 2.19. The number of benzene rings is 1. The topological polar surface area (TPSA) is 61.8 Å². The molecule has 0 bridgehead atoms. The first kappa shape index (κ1) is 19.5. The van der Waals surface area contributed by atoms with Crippen molar-refractivity contribution in [2.75, 3.05) is 13.2 Å². The highest BCUT2D eigenvalue weighted by molar-refractivity contribution is 7.80. The first-order chi connectivity index (χ1) is 11.8. The molecule has 0 aliphatic carbocycles. The van der Waals surface area contributed by atoms with Crippen LogP contribution in [0.25, 0.3) is 0 Å². The van der Waals surface area contributed by atoms with E-state index < -0.39 is 6.04 Å². The molecular formula is C18H23ClN2O3S. The van der Waals surface area contributed by atoms with Gasteiger partial charge in [-0.05, 0) is 57.1 Å². The number of carbonyl (C=O) groups excluding carboxylic acids is 1. The summed E-state index contributed by atoms with van der Waals surface area (Å²) < 4.78 is 5.45. The molecule has 1 heterocycles. The van der Waals surface area contributed by atoms with Gasteiger partial charge in [-0.1, -0.05) is 18.5 Å². The smallest absolute Gasteiger partial charge is 0.176 e. The molecule has 1 aliphatic heterocycles. The fraction of sp³-hybridized carbons (Fsp3) is 0.444. The molecule has 136 valence electrons. The number of phenolic OH excluding ortho intramolecular Hbond substituents is 1. The van der Waals surface area contributed by atoms with Crippen molar-refractivity contribution in [2.24, 2.45) is 0 Å². The number of allylic oxidation sites excluding steroid dienone is 1. The maximum Gasteiger partial charge on any atom is 0.176 e. The highest BCUT2D eigenvalue weighted by atomic mass is 35.5. The zero-order valence-corrected chi connectivity index (χ0v) is 16.4. The molecule has 1 unspecified atom stereocenters. The number of hydrogen-bond donors (Lipinski definition) is 2. The van der Waals surface area contributed by atoms with Crippen LogP contribution in [0.15, 0.2) is 23.4 Å². The molecule has 1 atom stereocenters. The van der Waals surface area contributed by atoms with Crippen molar-refractivity contribution < 1.29 is 14.6 Å². The highest BCUT2D eigenvalue weighted by Crippen LogP contribution is 2.40. The average molecular weight is 383 g/mol. The molecule has 2 rings (SSSR count). The molecule has 2 N–H and O–H groups in total. The van der Waals surface area contributed by atoms with Gasteiger partial charge in [-0.25, -0.2) is 0 Å². The number of nitrogens with one attached hydrogen (secondary N) is 1. The minimum atomic E-state index is -0.435. The molecule has 0 radical (unpaired) electrons. The molecular weight excluding hydrogens is 360 g/mol. The standard InChI is InChI=1S/C18H23ClN2O3S/c1-5-7-21-10(3)15(11(4)22)16(20-18(21)25)12-8-13(19)17(23)14(9-12)24-6-2/h8-9,16,23H,5-7H2,1-4H3,(H,20,25). The van der Waals surface area contributed by atoms with Gasteiger partial charge in [0.25, 0.3) is 0 Å². The minimum absolute atomic E-state index is 0.0410. The van der Waals surface area contributed by atoms with Crippen molar-refractivity contribution in [3.8, 4) is 11.5 Å². The van der Waals surface area contributed by atoms with E-state index in [0.717, 1.165) is 18.7 Å². The number of hydrogen-bond acceptors (Lipinski definition) is 4. The van der Waals surface area contributed by atoms with Gasteiger partial charge in [0.1, 0.15) is 0 Å². The number of nitrogens with zero attached hydrogens (tertiary/aromatic N) is 1. The van der Waals surface area contributed by atoms with Gasteiger partial charge in [-0.2, -0.15) is 0 Å². The Labute approximate surface area is 158 Å². The van der Waals surface area contributed by atoms with Crippen LogP contribution in [0, 0.1) is 0 Å². The maximum absolute atomic E-state index is 12.3. The number of phenols is 1. The Bertz CT molecular complexity index is 733. The number of rotatable bonds is 6. The number of halogens is 1. The third-order valence-electron chi connectivity index (χ3n) is 4.11. The van der Waals surface area contributed by atoms with Crippen LogP contribution in [-0.4, -0.2) is 34.1 Å². The van der Waals surface area contributed by atoms with Gasteiger partial charge in [0.2, 0.25) is 0 Å². The molecule has 0 amide bonds. The number of thiocarbonyl (C=S) groups is 1. The predicted molar refractivity (Wildman–Crippen MR) is 103 cm³/mol. The van der Waals surface area contributed by atoms with Crippen LogP contribution in [0.2, 0.25) is 5.02 Å². The van der Waals surface area contributed by atoms with Crippen LogP contribution >= 0.6 is 23.8 Å². The summed E-state index contributed by atoms with van der Waals surface area (Å²) in [5, 5.41) is 14.0. The molecule has 0 spiro atoms. The van der Waals surface area contributed by atoms with Crippen LogP contribution in [0.1, 0.15) is 45.7 Å². The van der Waals surface area contributed by atoms with Crippen LogP contribution < -0.4 is 10.1 Å². The Morgan fingerprint density at radius 1 is 1.44 bits per heavy atom. The molecule has 7 heteroatoms. The van der Waals surface area contributed by atoms with Crippen molar-refractivity contribution in [1.82, 2.24) is 10.2 Å². The van der Waals surface area contributed by atoms with E-state index in [1.807, 2.05) is 18.7 Å². The summed E-state index contributed by atoms with van der Waals surface area (Å²) in [7, 11) is 0. The van der Waals surface area contributed by atoms with E-state index in [9.17, 15) is 9.90 Å². The second-order valence-electron chi connectivity index (χ2n) is 5.87.